The summed E-state index contributed by atoms with van der Waals surface area (Å²) in [7, 11) is 0. The van der Waals surface area contributed by atoms with E-state index >= 15 is 0 Å². The number of alkyl halides is 1. The Morgan fingerprint density at radius 3 is 3.05 bits per heavy atom. The summed E-state index contributed by atoms with van der Waals surface area (Å²) in [5.41, 5.74) is 0.790. The maximum absolute atomic E-state index is 13.8. The Balaban J connectivity index is 1.79. The molecule has 0 spiro atoms. The molecule has 1 N–H and O–H groups in total. The van der Waals surface area contributed by atoms with Crippen LogP contribution in [0.25, 0.3) is 0 Å². The van der Waals surface area contributed by atoms with Crippen LogP contribution in [0, 0.1) is 5.92 Å². The van der Waals surface area contributed by atoms with Crippen LogP contribution in [-0.4, -0.2) is 41.5 Å². The molecule has 2 saturated heterocycles. The average molecular weight is 263 g/mol. The zero-order valence-electron chi connectivity index (χ0n) is 10.8. The number of nitrogens with zero attached hydrogens (tertiary/aromatic N) is 1. The molecular weight excluding hydrogens is 245 g/mol. The third kappa shape index (κ3) is 1.50. The first kappa shape index (κ1) is 11.7. The second-order valence-corrected chi connectivity index (χ2v) is 6.09. The van der Waals surface area contributed by atoms with Crippen LogP contribution in [0.15, 0.2) is 24.3 Å². The van der Waals surface area contributed by atoms with Gasteiger partial charge in [-0.15, -0.1) is 0 Å². The Kier molecular flexibility index (Phi) is 2.42. The van der Waals surface area contributed by atoms with Gasteiger partial charge in [0.05, 0.1) is 13.2 Å². The molecule has 19 heavy (non-hydrogen) atoms. The predicted octanol–water partition coefficient (Wildman–Crippen LogP) is 1.91. The van der Waals surface area contributed by atoms with E-state index in [-0.39, 0.29) is 18.2 Å². The number of aliphatic hydroxyl groups is 1. The summed E-state index contributed by atoms with van der Waals surface area (Å²) in [4.78, 5) is 2.20. The largest absolute Gasteiger partial charge is 0.493 e. The van der Waals surface area contributed by atoms with E-state index in [1.807, 2.05) is 18.2 Å². The fourth-order valence-electron chi connectivity index (χ4n) is 4.31. The Labute approximate surface area is 112 Å². The molecule has 0 saturated carbocycles. The number of rotatable bonds is 1. The van der Waals surface area contributed by atoms with Crippen LogP contribution in [-0.2, 0) is 0 Å². The molecule has 4 atom stereocenters. The molecule has 102 valence electrons. The van der Waals surface area contributed by atoms with Crippen molar-refractivity contribution in [3.63, 3.8) is 0 Å². The van der Waals surface area contributed by atoms with Crippen molar-refractivity contribution in [1.82, 2.24) is 4.90 Å². The summed E-state index contributed by atoms with van der Waals surface area (Å²) in [6.07, 6.45) is 0.477. The number of hydrogen-bond acceptors (Lipinski definition) is 3. The third-order valence-corrected chi connectivity index (χ3v) is 5.01. The molecule has 4 rings (SSSR count). The normalized spacial score (nSPS) is 40.4. The Morgan fingerprint density at radius 2 is 2.21 bits per heavy atom. The number of hydrogen-bond donors (Lipinski definition) is 1. The molecule has 3 nitrogen and oxygen atoms in total. The summed E-state index contributed by atoms with van der Waals surface area (Å²) in [6.45, 7) is 1.16. The lowest BCUT2D eigenvalue weighted by Crippen LogP contribution is -2.42. The molecule has 4 unspecified atom stereocenters. The van der Waals surface area contributed by atoms with Crippen LogP contribution >= 0.6 is 0 Å². The molecule has 0 aromatic heterocycles. The van der Waals surface area contributed by atoms with Crippen molar-refractivity contribution >= 4 is 0 Å². The SMILES string of the molecule is OCC12CC(F)CN1C1c3ccccc3OCC1C2. The lowest BCUT2D eigenvalue weighted by molar-refractivity contribution is 0.0719. The molecule has 4 heteroatoms. The van der Waals surface area contributed by atoms with E-state index in [4.69, 9.17) is 4.74 Å². The summed E-state index contributed by atoms with van der Waals surface area (Å²) >= 11 is 0. The molecule has 1 aromatic carbocycles. The van der Waals surface area contributed by atoms with E-state index in [0.717, 1.165) is 17.7 Å². The van der Waals surface area contributed by atoms with Gasteiger partial charge in [-0.3, -0.25) is 4.90 Å². The summed E-state index contributed by atoms with van der Waals surface area (Å²) in [5, 5.41) is 9.79. The Morgan fingerprint density at radius 1 is 1.37 bits per heavy atom. The van der Waals surface area contributed by atoms with Crippen LogP contribution in [0.1, 0.15) is 24.4 Å². The van der Waals surface area contributed by atoms with Crippen LogP contribution in [0.2, 0.25) is 0 Å². The summed E-state index contributed by atoms with van der Waals surface area (Å²) < 4.78 is 19.6. The number of para-hydroxylation sites is 1. The van der Waals surface area contributed by atoms with Crippen LogP contribution in [0.4, 0.5) is 4.39 Å². The second-order valence-electron chi connectivity index (χ2n) is 6.09. The van der Waals surface area contributed by atoms with Gasteiger partial charge in [-0.25, -0.2) is 4.39 Å². The highest BCUT2D eigenvalue weighted by atomic mass is 19.1. The molecule has 3 aliphatic rings. The second kappa shape index (κ2) is 3.93. The highest BCUT2D eigenvalue weighted by molar-refractivity contribution is 5.40. The monoisotopic (exact) mass is 263 g/mol. The fraction of sp³-hybridized carbons (Fsp3) is 0.600. The average Bonchev–Trinajstić information content (AvgIpc) is 2.90. The first-order valence-corrected chi connectivity index (χ1v) is 6.97. The van der Waals surface area contributed by atoms with E-state index in [0.29, 0.717) is 25.5 Å². The molecular formula is C15H18FNO2. The Hall–Kier alpha value is -1.13. The quantitative estimate of drug-likeness (QED) is 0.840. The van der Waals surface area contributed by atoms with Crippen molar-refractivity contribution in [3.8, 4) is 5.75 Å². The smallest absolute Gasteiger partial charge is 0.124 e. The lowest BCUT2D eigenvalue weighted by atomic mass is 9.86. The topological polar surface area (TPSA) is 32.7 Å². The van der Waals surface area contributed by atoms with Crippen molar-refractivity contribution in [1.29, 1.82) is 0 Å². The molecule has 0 radical (unpaired) electrons. The standard InChI is InChI=1S/C15H18FNO2/c16-11-6-15(9-18)5-10-8-19-13-4-2-1-3-12(13)14(10)17(15)7-11/h1-4,10-11,14,18H,5-9H2. The number of ether oxygens (including phenoxy) is 1. The molecule has 3 aliphatic heterocycles. The molecule has 0 bridgehead atoms. The van der Waals surface area contributed by atoms with Gasteiger partial charge in [-0.2, -0.15) is 0 Å². The van der Waals surface area contributed by atoms with Gasteiger partial charge in [-0.05, 0) is 12.5 Å². The number of halogens is 1. The van der Waals surface area contributed by atoms with E-state index in [1.54, 1.807) is 0 Å². The lowest BCUT2D eigenvalue weighted by Gasteiger charge is -2.35. The summed E-state index contributed by atoms with van der Waals surface area (Å²) in [5.74, 6) is 1.29. The first-order chi connectivity index (χ1) is 9.23. The highest BCUT2D eigenvalue weighted by Crippen LogP contribution is 2.55. The molecule has 2 fully saturated rings. The molecule has 1 aromatic rings. The van der Waals surface area contributed by atoms with Gasteiger partial charge in [0.25, 0.3) is 0 Å². The van der Waals surface area contributed by atoms with Crippen molar-refractivity contribution in [2.24, 2.45) is 5.92 Å². The first-order valence-electron chi connectivity index (χ1n) is 6.97. The van der Waals surface area contributed by atoms with Crippen molar-refractivity contribution in [2.45, 2.75) is 30.6 Å². The minimum Gasteiger partial charge on any atom is -0.493 e. The van der Waals surface area contributed by atoms with Crippen molar-refractivity contribution in [2.75, 3.05) is 19.8 Å². The van der Waals surface area contributed by atoms with Gasteiger partial charge < -0.3 is 9.84 Å². The number of aliphatic hydroxyl groups excluding tert-OH is 1. The van der Waals surface area contributed by atoms with Crippen molar-refractivity contribution < 1.29 is 14.2 Å². The maximum Gasteiger partial charge on any atom is 0.124 e. The third-order valence-electron chi connectivity index (χ3n) is 5.01. The highest BCUT2D eigenvalue weighted by Gasteiger charge is 2.58. The van der Waals surface area contributed by atoms with Crippen molar-refractivity contribution in [3.05, 3.63) is 29.8 Å². The van der Waals surface area contributed by atoms with E-state index in [9.17, 15) is 9.50 Å². The fourth-order valence-corrected chi connectivity index (χ4v) is 4.31. The van der Waals surface area contributed by atoms with E-state index in [1.165, 1.54) is 0 Å². The van der Waals surface area contributed by atoms with Crippen LogP contribution < -0.4 is 4.74 Å². The molecule has 0 amide bonds. The zero-order valence-corrected chi connectivity index (χ0v) is 10.8. The van der Waals surface area contributed by atoms with Gasteiger partial charge in [0.15, 0.2) is 0 Å². The predicted molar refractivity (Wildman–Crippen MR) is 68.8 cm³/mol. The van der Waals surface area contributed by atoms with Gasteiger partial charge in [0.2, 0.25) is 0 Å². The van der Waals surface area contributed by atoms with Gasteiger partial charge >= 0.3 is 0 Å². The van der Waals surface area contributed by atoms with Gasteiger partial charge in [-0.1, -0.05) is 18.2 Å². The van der Waals surface area contributed by atoms with Crippen LogP contribution in [0.5, 0.6) is 5.75 Å². The number of benzene rings is 1. The zero-order chi connectivity index (χ0) is 13.0. The van der Waals surface area contributed by atoms with Gasteiger partial charge in [0.1, 0.15) is 11.9 Å². The minimum absolute atomic E-state index is 0.0442. The van der Waals surface area contributed by atoms with E-state index < -0.39 is 6.17 Å². The Bertz CT molecular complexity index is 509. The van der Waals surface area contributed by atoms with Crippen LogP contribution in [0.3, 0.4) is 0 Å². The number of fused-ring (bicyclic) bond motifs is 5. The molecule has 3 heterocycles. The molecule has 0 aliphatic carbocycles. The van der Waals surface area contributed by atoms with E-state index in [2.05, 4.69) is 11.0 Å². The maximum atomic E-state index is 13.8. The minimum atomic E-state index is -0.817. The summed E-state index contributed by atoms with van der Waals surface area (Å²) in [6, 6.07) is 8.23. The van der Waals surface area contributed by atoms with Gasteiger partial charge in [0, 0.05) is 36.0 Å².